The number of piperidine rings is 1. The molecule has 0 aromatic carbocycles. The van der Waals surface area contributed by atoms with E-state index in [9.17, 15) is 0 Å². The van der Waals surface area contributed by atoms with Gasteiger partial charge in [0, 0.05) is 13.0 Å². The van der Waals surface area contributed by atoms with Gasteiger partial charge in [0.15, 0.2) is 11.6 Å². The van der Waals surface area contributed by atoms with Gasteiger partial charge in [0.1, 0.15) is 6.33 Å². The molecule has 2 N–H and O–H groups in total. The van der Waals surface area contributed by atoms with Crippen molar-refractivity contribution in [1.29, 1.82) is 0 Å². The molecule has 2 aliphatic heterocycles. The Morgan fingerprint density at radius 2 is 2.18 bits per heavy atom. The summed E-state index contributed by atoms with van der Waals surface area (Å²) < 4.78 is 11.4. The van der Waals surface area contributed by atoms with Crippen LogP contribution >= 0.6 is 0 Å². The van der Waals surface area contributed by atoms with Crippen LogP contribution in [0, 0.1) is 0 Å². The Labute approximate surface area is 99.7 Å². The molecule has 1 aromatic rings. The van der Waals surface area contributed by atoms with E-state index in [0.29, 0.717) is 25.4 Å². The lowest BCUT2D eigenvalue weighted by molar-refractivity contribution is -0.161. The lowest BCUT2D eigenvalue weighted by atomic mass is 10.0. The van der Waals surface area contributed by atoms with Crippen molar-refractivity contribution in [3.63, 3.8) is 0 Å². The number of nitrogen functional groups attached to an aromatic ring is 1. The van der Waals surface area contributed by atoms with Gasteiger partial charge < -0.3 is 20.1 Å². The fourth-order valence-corrected chi connectivity index (χ4v) is 2.50. The maximum atomic E-state index is 5.89. The first kappa shape index (κ1) is 10.7. The molecule has 3 rings (SSSR count). The van der Waals surface area contributed by atoms with Crippen molar-refractivity contribution in [2.75, 3.05) is 36.9 Å². The molecule has 6 heteroatoms. The van der Waals surface area contributed by atoms with Gasteiger partial charge in [-0.2, -0.15) is 0 Å². The summed E-state index contributed by atoms with van der Waals surface area (Å²) in [6.07, 6.45) is 5.10. The van der Waals surface area contributed by atoms with Gasteiger partial charge in [-0.3, -0.25) is 0 Å². The average Bonchev–Trinajstić information content (AvgIpc) is 2.78. The van der Waals surface area contributed by atoms with Crippen LogP contribution in [0.4, 0.5) is 11.5 Å². The van der Waals surface area contributed by atoms with Crippen molar-refractivity contribution < 1.29 is 9.47 Å². The number of nitrogens with zero attached hydrogens (tertiary/aromatic N) is 3. The Morgan fingerprint density at radius 3 is 2.94 bits per heavy atom. The van der Waals surface area contributed by atoms with Crippen LogP contribution in [0.15, 0.2) is 12.5 Å². The third-order valence-corrected chi connectivity index (χ3v) is 3.25. The van der Waals surface area contributed by atoms with E-state index in [4.69, 9.17) is 15.2 Å². The average molecular weight is 236 g/mol. The number of nitrogens with two attached hydrogens (primary N) is 1. The first-order valence-electron chi connectivity index (χ1n) is 5.87. The Morgan fingerprint density at radius 1 is 1.35 bits per heavy atom. The van der Waals surface area contributed by atoms with Gasteiger partial charge in [-0.15, -0.1) is 0 Å². The molecule has 92 valence electrons. The van der Waals surface area contributed by atoms with Crippen LogP contribution in [0.5, 0.6) is 0 Å². The monoisotopic (exact) mass is 236 g/mol. The number of ether oxygens (including phenoxy) is 2. The van der Waals surface area contributed by atoms with E-state index in [-0.39, 0.29) is 0 Å². The van der Waals surface area contributed by atoms with E-state index in [1.807, 2.05) is 0 Å². The normalized spacial score (nSPS) is 23.2. The van der Waals surface area contributed by atoms with E-state index in [1.165, 1.54) is 6.33 Å². The molecule has 0 atom stereocenters. The molecule has 2 saturated heterocycles. The van der Waals surface area contributed by atoms with Crippen LogP contribution in [0.2, 0.25) is 0 Å². The molecule has 1 aromatic heterocycles. The van der Waals surface area contributed by atoms with Gasteiger partial charge in [0.2, 0.25) is 0 Å². The smallest absolute Gasteiger partial charge is 0.186 e. The minimum atomic E-state index is -0.449. The molecule has 1 spiro atoms. The number of hydrogen-bond donors (Lipinski definition) is 1. The van der Waals surface area contributed by atoms with E-state index >= 15 is 0 Å². The second-order valence-corrected chi connectivity index (χ2v) is 4.43. The van der Waals surface area contributed by atoms with Crippen molar-refractivity contribution in [2.45, 2.75) is 18.6 Å². The van der Waals surface area contributed by atoms with Crippen LogP contribution in [0.3, 0.4) is 0 Å². The lowest BCUT2D eigenvalue weighted by Crippen LogP contribution is -2.49. The minimum absolute atomic E-state index is 0.449. The van der Waals surface area contributed by atoms with E-state index < -0.39 is 5.79 Å². The van der Waals surface area contributed by atoms with Crippen molar-refractivity contribution in [3.05, 3.63) is 12.5 Å². The van der Waals surface area contributed by atoms with Crippen molar-refractivity contribution in [2.24, 2.45) is 0 Å². The van der Waals surface area contributed by atoms with Gasteiger partial charge in [-0.1, -0.05) is 0 Å². The molecule has 0 aliphatic carbocycles. The second kappa shape index (κ2) is 4.12. The number of anilines is 2. The Hall–Kier alpha value is -1.40. The zero-order valence-electron chi connectivity index (χ0n) is 9.63. The molecule has 0 radical (unpaired) electrons. The molecule has 2 fully saturated rings. The van der Waals surface area contributed by atoms with Gasteiger partial charge >= 0.3 is 0 Å². The molecule has 0 bridgehead atoms. The maximum absolute atomic E-state index is 5.89. The number of rotatable bonds is 1. The summed E-state index contributed by atoms with van der Waals surface area (Å²) >= 11 is 0. The van der Waals surface area contributed by atoms with E-state index in [2.05, 4.69) is 14.9 Å². The predicted molar refractivity (Wildman–Crippen MR) is 62.5 cm³/mol. The summed E-state index contributed by atoms with van der Waals surface area (Å²) in [4.78, 5) is 10.3. The molecule has 0 unspecified atom stereocenters. The molecular formula is C11H16N4O2. The maximum Gasteiger partial charge on any atom is 0.186 e. The highest BCUT2D eigenvalue weighted by atomic mass is 16.7. The molecule has 0 saturated carbocycles. The zero-order chi connectivity index (χ0) is 11.7. The molecular weight excluding hydrogens is 220 g/mol. The minimum Gasteiger partial charge on any atom is -0.394 e. The Bertz CT molecular complexity index is 406. The van der Waals surface area contributed by atoms with Gasteiger partial charge in [0.05, 0.1) is 31.6 Å². The third kappa shape index (κ3) is 1.94. The first-order valence-corrected chi connectivity index (χ1v) is 5.87. The Balaban J connectivity index is 1.82. The SMILES string of the molecule is Nc1cncnc1N1CCCC2(C1)OCCO2. The molecule has 0 amide bonds. The summed E-state index contributed by atoms with van der Waals surface area (Å²) in [5.41, 5.74) is 6.49. The van der Waals surface area contributed by atoms with Gasteiger partial charge in [-0.05, 0) is 6.42 Å². The van der Waals surface area contributed by atoms with Crippen LogP contribution in [-0.2, 0) is 9.47 Å². The van der Waals surface area contributed by atoms with Gasteiger partial charge in [0.25, 0.3) is 0 Å². The highest BCUT2D eigenvalue weighted by Gasteiger charge is 2.41. The molecule has 6 nitrogen and oxygen atoms in total. The first-order chi connectivity index (χ1) is 8.29. The fraction of sp³-hybridized carbons (Fsp3) is 0.636. The van der Waals surface area contributed by atoms with Crippen molar-refractivity contribution in [1.82, 2.24) is 9.97 Å². The highest BCUT2D eigenvalue weighted by Crippen LogP contribution is 2.33. The summed E-state index contributed by atoms with van der Waals surface area (Å²) in [6.45, 7) is 2.96. The Kier molecular flexibility index (Phi) is 2.60. The molecule has 17 heavy (non-hydrogen) atoms. The second-order valence-electron chi connectivity index (χ2n) is 4.43. The van der Waals surface area contributed by atoms with Gasteiger partial charge in [-0.25, -0.2) is 9.97 Å². The number of aromatic nitrogens is 2. The standard InChI is InChI=1S/C11H16N4O2/c12-9-6-13-8-14-10(9)15-3-1-2-11(7-15)16-4-5-17-11/h6,8H,1-5,7,12H2. The molecule has 3 heterocycles. The van der Waals surface area contributed by atoms with Crippen LogP contribution in [0.25, 0.3) is 0 Å². The van der Waals surface area contributed by atoms with Crippen molar-refractivity contribution in [3.8, 4) is 0 Å². The molecule has 2 aliphatic rings. The van der Waals surface area contributed by atoms with Crippen LogP contribution in [0.1, 0.15) is 12.8 Å². The largest absolute Gasteiger partial charge is 0.394 e. The fourth-order valence-electron chi connectivity index (χ4n) is 2.50. The van der Waals surface area contributed by atoms with Crippen molar-refractivity contribution >= 4 is 11.5 Å². The van der Waals surface area contributed by atoms with E-state index in [1.54, 1.807) is 6.20 Å². The topological polar surface area (TPSA) is 73.5 Å². The van der Waals surface area contributed by atoms with E-state index in [0.717, 1.165) is 25.2 Å². The quantitative estimate of drug-likeness (QED) is 0.761. The zero-order valence-corrected chi connectivity index (χ0v) is 9.63. The third-order valence-electron chi connectivity index (χ3n) is 3.25. The lowest BCUT2D eigenvalue weighted by Gasteiger charge is -2.39. The summed E-state index contributed by atoms with van der Waals surface area (Å²) in [6, 6.07) is 0. The summed E-state index contributed by atoms with van der Waals surface area (Å²) in [5.74, 6) is 0.327. The summed E-state index contributed by atoms with van der Waals surface area (Å²) in [7, 11) is 0. The predicted octanol–water partition coefficient (Wildman–Crippen LogP) is 0.402. The summed E-state index contributed by atoms with van der Waals surface area (Å²) in [5, 5.41) is 0. The van der Waals surface area contributed by atoms with Crippen LogP contribution in [-0.4, -0.2) is 42.1 Å². The highest BCUT2D eigenvalue weighted by molar-refractivity contribution is 5.61. The number of hydrogen-bond acceptors (Lipinski definition) is 6. The van der Waals surface area contributed by atoms with Crippen LogP contribution < -0.4 is 10.6 Å².